The molecule has 0 aromatic carbocycles. The van der Waals surface area contributed by atoms with Gasteiger partial charge in [-0.25, -0.2) is 4.98 Å². The van der Waals surface area contributed by atoms with Crippen molar-refractivity contribution in [2.24, 2.45) is 4.99 Å². The molecule has 3 nitrogen and oxygen atoms in total. The zero-order valence-corrected chi connectivity index (χ0v) is 7.70. The SMILES string of the molecule is CN=C(NC)c1cnc(C)s1. The number of aliphatic imine (C=N–C) groups is 1. The van der Waals surface area contributed by atoms with Crippen molar-refractivity contribution < 1.29 is 0 Å². The van der Waals surface area contributed by atoms with E-state index >= 15 is 0 Å². The molecular weight excluding hydrogens is 158 g/mol. The van der Waals surface area contributed by atoms with Crippen molar-refractivity contribution >= 4 is 17.2 Å². The van der Waals surface area contributed by atoms with Gasteiger partial charge >= 0.3 is 0 Å². The summed E-state index contributed by atoms with van der Waals surface area (Å²) in [7, 11) is 3.62. The fourth-order valence-corrected chi connectivity index (χ4v) is 1.64. The van der Waals surface area contributed by atoms with Crippen LogP contribution in [0.15, 0.2) is 11.2 Å². The van der Waals surface area contributed by atoms with Crippen LogP contribution in [0.2, 0.25) is 0 Å². The van der Waals surface area contributed by atoms with E-state index < -0.39 is 0 Å². The predicted molar refractivity (Wildman–Crippen MR) is 48.4 cm³/mol. The largest absolute Gasteiger partial charge is 0.372 e. The topological polar surface area (TPSA) is 37.3 Å². The molecule has 0 radical (unpaired) electrons. The molecule has 1 aromatic heterocycles. The fraction of sp³-hybridized carbons (Fsp3) is 0.429. The van der Waals surface area contributed by atoms with E-state index in [2.05, 4.69) is 15.3 Å². The highest BCUT2D eigenvalue weighted by molar-refractivity contribution is 7.13. The maximum Gasteiger partial charge on any atom is 0.139 e. The van der Waals surface area contributed by atoms with Gasteiger partial charge in [-0.2, -0.15) is 0 Å². The molecule has 0 fully saturated rings. The van der Waals surface area contributed by atoms with Gasteiger partial charge in [0, 0.05) is 20.3 Å². The molecule has 1 N–H and O–H groups in total. The van der Waals surface area contributed by atoms with E-state index in [0.717, 1.165) is 15.7 Å². The Morgan fingerprint density at radius 1 is 1.73 bits per heavy atom. The lowest BCUT2D eigenvalue weighted by molar-refractivity contribution is 1.15. The second-order valence-electron chi connectivity index (χ2n) is 2.07. The second kappa shape index (κ2) is 3.48. The zero-order valence-electron chi connectivity index (χ0n) is 6.88. The first-order valence-corrected chi connectivity index (χ1v) is 4.17. The van der Waals surface area contributed by atoms with Crippen LogP contribution in [0.4, 0.5) is 0 Å². The Morgan fingerprint density at radius 2 is 2.45 bits per heavy atom. The summed E-state index contributed by atoms with van der Waals surface area (Å²) >= 11 is 1.64. The van der Waals surface area contributed by atoms with Gasteiger partial charge in [-0.05, 0) is 6.92 Å². The van der Waals surface area contributed by atoms with Crippen LogP contribution in [0.25, 0.3) is 0 Å². The molecule has 0 aliphatic rings. The summed E-state index contributed by atoms with van der Waals surface area (Å²) in [4.78, 5) is 9.29. The van der Waals surface area contributed by atoms with Gasteiger partial charge in [0.25, 0.3) is 0 Å². The lowest BCUT2D eigenvalue weighted by Crippen LogP contribution is -2.17. The Morgan fingerprint density at radius 3 is 2.82 bits per heavy atom. The molecule has 11 heavy (non-hydrogen) atoms. The van der Waals surface area contributed by atoms with E-state index in [9.17, 15) is 0 Å². The van der Waals surface area contributed by atoms with Gasteiger partial charge in [-0.3, -0.25) is 4.99 Å². The Kier molecular flexibility index (Phi) is 2.59. The van der Waals surface area contributed by atoms with Crippen molar-refractivity contribution in [3.63, 3.8) is 0 Å². The van der Waals surface area contributed by atoms with Crippen molar-refractivity contribution in [3.05, 3.63) is 16.1 Å². The highest BCUT2D eigenvalue weighted by Crippen LogP contribution is 2.10. The summed E-state index contributed by atoms with van der Waals surface area (Å²) < 4.78 is 0. The maximum atomic E-state index is 4.13. The van der Waals surface area contributed by atoms with E-state index in [0.29, 0.717) is 0 Å². The van der Waals surface area contributed by atoms with Gasteiger partial charge in [0.05, 0.1) is 9.88 Å². The molecule has 0 unspecified atom stereocenters. The van der Waals surface area contributed by atoms with Crippen molar-refractivity contribution in [1.29, 1.82) is 0 Å². The predicted octanol–water partition coefficient (Wildman–Crippen LogP) is 1.05. The monoisotopic (exact) mass is 169 g/mol. The summed E-state index contributed by atoms with van der Waals surface area (Å²) in [6.45, 7) is 1.98. The minimum Gasteiger partial charge on any atom is -0.372 e. The number of rotatable bonds is 1. The Hall–Kier alpha value is -0.900. The molecule has 4 heteroatoms. The molecule has 0 aliphatic heterocycles. The lowest BCUT2D eigenvalue weighted by atomic mass is 10.5. The number of amidine groups is 1. The first kappa shape index (κ1) is 8.20. The molecule has 0 aliphatic carbocycles. The molecule has 0 atom stereocenters. The van der Waals surface area contributed by atoms with Gasteiger partial charge in [-0.15, -0.1) is 11.3 Å². The minimum atomic E-state index is 0.899. The number of hydrogen-bond acceptors (Lipinski definition) is 3. The Bertz CT molecular complexity index is 264. The molecule has 1 heterocycles. The number of hydrogen-bond donors (Lipinski definition) is 1. The van der Waals surface area contributed by atoms with Crippen LogP contribution in [-0.2, 0) is 0 Å². The normalized spacial score (nSPS) is 11.7. The van der Waals surface area contributed by atoms with Crippen LogP contribution in [0, 0.1) is 6.92 Å². The van der Waals surface area contributed by atoms with Gasteiger partial charge in [0.1, 0.15) is 5.84 Å². The molecular formula is C7H11N3S. The smallest absolute Gasteiger partial charge is 0.139 e. The molecule has 0 amide bonds. The first-order valence-electron chi connectivity index (χ1n) is 3.35. The number of aromatic nitrogens is 1. The van der Waals surface area contributed by atoms with Crippen LogP contribution in [0.1, 0.15) is 9.88 Å². The molecule has 0 saturated carbocycles. The molecule has 1 aromatic rings. The van der Waals surface area contributed by atoms with E-state index in [1.54, 1.807) is 18.4 Å². The summed E-state index contributed by atoms with van der Waals surface area (Å²) in [5.74, 6) is 0.899. The molecule has 0 saturated heterocycles. The van der Waals surface area contributed by atoms with Crippen molar-refractivity contribution in [1.82, 2.24) is 10.3 Å². The van der Waals surface area contributed by atoms with Crippen LogP contribution >= 0.6 is 11.3 Å². The highest BCUT2D eigenvalue weighted by atomic mass is 32.1. The van der Waals surface area contributed by atoms with Crippen LogP contribution in [-0.4, -0.2) is 24.9 Å². The van der Waals surface area contributed by atoms with Crippen molar-refractivity contribution in [2.75, 3.05) is 14.1 Å². The highest BCUT2D eigenvalue weighted by Gasteiger charge is 2.02. The Balaban J connectivity index is 2.91. The minimum absolute atomic E-state index is 0.899. The third-order valence-electron chi connectivity index (χ3n) is 1.32. The van der Waals surface area contributed by atoms with Crippen molar-refractivity contribution in [3.8, 4) is 0 Å². The summed E-state index contributed by atoms with van der Waals surface area (Å²) in [6.07, 6.45) is 1.83. The standard InChI is InChI=1S/C7H11N3S/c1-5-10-4-6(11-5)7(8-2)9-3/h4H,1-3H3,(H,8,9). The fourth-order valence-electron chi connectivity index (χ4n) is 0.816. The lowest BCUT2D eigenvalue weighted by Gasteiger charge is -1.98. The van der Waals surface area contributed by atoms with E-state index in [1.807, 2.05) is 20.2 Å². The van der Waals surface area contributed by atoms with Crippen LogP contribution in [0.5, 0.6) is 0 Å². The molecule has 0 bridgehead atoms. The first-order chi connectivity index (χ1) is 5.27. The Labute approximate surface area is 70.2 Å². The van der Waals surface area contributed by atoms with Crippen molar-refractivity contribution in [2.45, 2.75) is 6.92 Å². The summed E-state index contributed by atoms with van der Waals surface area (Å²) in [5, 5.41) is 4.07. The van der Waals surface area contributed by atoms with E-state index in [4.69, 9.17) is 0 Å². The number of nitrogens with one attached hydrogen (secondary N) is 1. The average molecular weight is 169 g/mol. The van der Waals surface area contributed by atoms with Gasteiger partial charge in [0.2, 0.25) is 0 Å². The number of aryl methyl sites for hydroxylation is 1. The summed E-state index contributed by atoms with van der Waals surface area (Å²) in [5.41, 5.74) is 0. The second-order valence-corrected chi connectivity index (χ2v) is 3.30. The molecule has 60 valence electrons. The summed E-state index contributed by atoms with van der Waals surface area (Å²) in [6, 6.07) is 0. The van der Waals surface area contributed by atoms with E-state index in [-0.39, 0.29) is 0 Å². The van der Waals surface area contributed by atoms with Gasteiger partial charge in [0.15, 0.2) is 0 Å². The van der Waals surface area contributed by atoms with Gasteiger partial charge in [-0.1, -0.05) is 0 Å². The third-order valence-corrected chi connectivity index (χ3v) is 2.23. The zero-order chi connectivity index (χ0) is 8.27. The maximum absolute atomic E-state index is 4.13. The van der Waals surface area contributed by atoms with Crippen LogP contribution in [0.3, 0.4) is 0 Å². The van der Waals surface area contributed by atoms with Crippen LogP contribution < -0.4 is 5.32 Å². The van der Waals surface area contributed by atoms with E-state index in [1.165, 1.54) is 0 Å². The number of thiazole rings is 1. The molecule has 0 spiro atoms. The average Bonchev–Trinajstić information content (AvgIpc) is 2.39. The quantitative estimate of drug-likeness (QED) is 0.504. The third kappa shape index (κ3) is 1.77. The molecule has 1 rings (SSSR count). The van der Waals surface area contributed by atoms with Gasteiger partial charge < -0.3 is 5.32 Å². The number of nitrogens with zero attached hydrogens (tertiary/aromatic N) is 2.